The highest BCUT2D eigenvalue weighted by Gasteiger charge is 2.21. The molecule has 1 N–H and O–H groups in total. The molecule has 3 heterocycles. The normalized spacial score (nSPS) is 13.7. The summed E-state index contributed by atoms with van der Waals surface area (Å²) in [5.41, 5.74) is 1.22. The number of H-pyrrole nitrogens is 1. The monoisotopic (exact) mass is 391 g/mol. The molecule has 0 spiro atoms. The Balaban J connectivity index is 1.61. The van der Waals surface area contributed by atoms with Crippen LogP contribution in [-0.4, -0.2) is 21.4 Å². The number of thiophene rings is 2. The molecular formula is C18H18ClN3OS2. The van der Waals surface area contributed by atoms with Crippen LogP contribution in [0.4, 0.5) is 0 Å². The SMILES string of the molecule is C=CCN(Cc1nc2sc3c(c2c(=O)[nH]1)CCC3)Cc1ccc(Cl)s1. The molecule has 130 valence electrons. The van der Waals surface area contributed by atoms with Crippen molar-refractivity contribution in [1.29, 1.82) is 0 Å². The van der Waals surface area contributed by atoms with Crippen molar-refractivity contribution in [2.45, 2.75) is 32.4 Å². The van der Waals surface area contributed by atoms with Gasteiger partial charge in [-0.15, -0.1) is 29.3 Å². The minimum atomic E-state index is -0.00267. The van der Waals surface area contributed by atoms with E-state index >= 15 is 0 Å². The molecule has 0 bridgehead atoms. The van der Waals surface area contributed by atoms with Gasteiger partial charge in [0.05, 0.1) is 16.3 Å². The number of nitrogens with zero attached hydrogens (tertiary/aromatic N) is 2. The van der Waals surface area contributed by atoms with E-state index in [-0.39, 0.29) is 5.56 Å². The van der Waals surface area contributed by atoms with Crippen LogP contribution in [0.1, 0.15) is 27.6 Å². The molecule has 0 saturated heterocycles. The summed E-state index contributed by atoms with van der Waals surface area (Å²) in [6.07, 6.45) is 5.09. The number of hydrogen-bond acceptors (Lipinski definition) is 5. The molecule has 0 amide bonds. The van der Waals surface area contributed by atoms with Crippen LogP contribution in [0.25, 0.3) is 10.2 Å². The smallest absolute Gasteiger partial charge is 0.259 e. The molecule has 0 saturated carbocycles. The fourth-order valence-corrected chi connectivity index (χ4v) is 5.77. The summed E-state index contributed by atoms with van der Waals surface area (Å²) >= 11 is 9.28. The van der Waals surface area contributed by atoms with E-state index in [4.69, 9.17) is 16.6 Å². The summed E-state index contributed by atoms with van der Waals surface area (Å²) in [6.45, 7) is 5.89. The van der Waals surface area contributed by atoms with E-state index in [1.165, 1.54) is 15.3 Å². The fraction of sp³-hybridized carbons (Fsp3) is 0.333. The van der Waals surface area contributed by atoms with Crippen molar-refractivity contribution in [2.24, 2.45) is 0 Å². The standard InChI is InChI=1S/C18H18ClN3OS2/c1-2-8-22(9-11-6-7-14(19)24-11)10-15-20-17(23)16-12-4-3-5-13(12)25-18(16)21-15/h2,6-7H,1,3-5,8-10H2,(H,20,21,23). The maximum atomic E-state index is 12.6. The van der Waals surface area contributed by atoms with Gasteiger partial charge in [-0.25, -0.2) is 4.98 Å². The lowest BCUT2D eigenvalue weighted by Gasteiger charge is -2.19. The maximum absolute atomic E-state index is 12.6. The molecule has 0 radical (unpaired) electrons. The van der Waals surface area contributed by atoms with Gasteiger partial charge in [-0.1, -0.05) is 17.7 Å². The molecule has 25 heavy (non-hydrogen) atoms. The second-order valence-electron chi connectivity index (χ2n) is 6.21. The summed E-state index contributed by atoms with van der Waals surface area (Å²) in [7, 11) is 0. The van der Waals surface area contributed by atoms with Gasteiger partial charge in [0.25, 0.3) is 5.56 Å². The van der Waals surface area contributed by atoms with Crippen LogP contribution >= 0.6 is 34.3 Å². The van der Waals surface area contributed by atoms with Crippen molar-refractivity contribution in [3.8, 4) is 0 Å². The van der Waals surface area contributed by atoms with Gasteiger partial charge in [-0.3, -0.25) is 9.69 Å². The molecule has 0 aromatic carbocycles. The number of fused-ring (bicyclic) bond motifs is 3. The van der Waals surface area contributed by atoms with Crippen LogP contribution in [0.3, 0.4) is 0 Å². The molecule has 7 heteroatoms. The highest BCUT2D eigenvalue weighted by Crippen LogP contribution is 2.34. The Morgan fingerprint density at radius 2 is 2.20 bits per heavy atom. The molecule has 0 atom stereocenters. The molecule has 1 aliphatic rings. The lowest BCUT2D eigenvalue weighted by Crippen LogP contribution is -2.25. The third kappa shape index (κ3) is 3.44. The number of aryl methyl sites for hydroxylation is 2. The summed E-state index contributed by atoms with van der Waals surface area (Å²) in [5.74, 6) is 0.710. The van der Waals surface area contributed by atoms with Gasteiger partial charge in [-0.05, 0) is 37.0 Å². The van der Waals surface area contributed by atoms with Crippen LogP contribution in [-0.2, 0) is 25.9 Å². The number of hydrogen-bond donors (Lipinski definition) is 1. The first-order valence-electron chi connectivity index (χ1n) is 8.25. The number of aromatic amines is 1. The number of nitrogens with one attached hydrogen (secondary N) is 1. The Morgan fingerprint density at radius 1 is 1.32 bits per heavy atom. The molecule has 0 aliphatic heterocycles. The van der Waals surface area contributed by atoms with Crippen LogP contribution < -0.4 is 5.56 Å². The van der Waals surface area contributed by atoms with E-state index in [0.29, 0.717) is 12.4 Å². The first kappa shape index (κ1) is 17.0. The second-order valence-corrected chi connectivity index (χ2v) is 9.10. The zero-order chi connectivity index (χ0) is 17.4. The summed E-state index contributed by atoms with van der Waals surface area (Å²) in [6, 6.07) is 3.94. The zero-order valence-corrected chi connectivity index (χ0v) is 16.1. The summed E-state index contributed by atoms with van der Waals surface area (Å²) < 4.78 is 0.787. The average molecular weight is 392 g/mol. The quantitative estimate of drug-likeness (QED) is 0.634. The van der Waals surface area contributed by atoms with Crippen molar-refractivity contribution >= 4 is 44.5 Å². The third-order valence-electron chi connectivity index (χ3n) is 4.39. The molecule has 4 nitrogen and oxygen atoms in total. The Kier molecular flexibility index (Phi) is 4.78. The van der Waals surface area contributed by atoms with E-state index in [9.17, 15) is 4.79 Å². The van der Waals surface area contributed by atoms with Crippen molar-refractivity contribution < 1.29 is 0 Å². The predicted octanol–water partition coefficient (Wildman–Crippen LogP) is 4.38. The molecule has 1 aliphatic carbocycles. The number of halogens is 1. The van der Waals surface area contributed by atoms with Gasteiger partial charge < -0.3 is 4.98 Å². The highest BCUT2D eigenvalue weighted by atomic mass is 35.5. The molecular weight excluding hydrogens is 374 g/mol. The summed E-state index contributed by atoms with van der Waals surface area (Å²) in [4.78, 5) is 25.9. The van der Waals surface area contributed by atoms with E-state index in [0.717, 1.165) is 46.9 Å². The molecule has 0 unspecified atom stereocenters. The van der Waals surface area contributed by atoms with E-state index in [1.54, 1.807) is 22.7 Å². The van der Waals surface area contributed by atoms with Gasteiger partial charge in [-0.2, -0.15) is 0 Å². The Morgan fingerprint density at radius 3 is 2.96 bits per heavy atom. The number of aromatic nitrogens is 2. The second kappa shape index (κ2) is 7.03. The molecule has 4 rings (SSSR count). The van der Waals surface area contributed by atoms with Gasteiger partial charge in [0.1, 0.15) is 10.7 Å². The van der Waals surface area contributed by atoms with Crippen molar-refractivity contribution in [3.05, 3.63) is 60.6 Å². The lowest BCUT2D eigenvalue weighted by atomic mass is 10.2. The first-order chi connectivity index (χ1) is 12.1. The van der Waals surface area contributed by atoms with Crippen LogP contribution in [0.2, 0.25) is 4.34 Å². The molecule has 0 fully saturated rings. The van der Waals surface area contributed by atoms with E-state index in [1.807, 2.05) is 18.2 Å². The van der Waals surface area contributed by atoms with E-state index < -0.39 is 0 Å². The minimum absolute atomic E-state index is 0.00267. The van der Waals surface area contributed by atoms with Crippen molar-refractivity contribution in [3.63, 3.8) is 0 Å². The van der Waals surface area contributed by atoms with Gasteiger partial charge in [0.15, 0.2) is 0 Å². The summed E-state index contributed by atoms with van der Waals surface area (Å²) in [5, 5.41) is 0.807. The highest BCUT2D eigenvalue weighted by molar-refractivity contribution is 7.18. The number of rotatable bonds is 6. The van der Waals surface area contributed by atoms with E-state index in [2.05, 4.69) is 16.5 Å². The van der Waals surface area contributed by atoms with Gasteiger partial charge >= 0.3 is 0 Å². The Hall–Kier alpha value is -1.47. The topological polar surface area (TPSA) is 49.0 Å². The average Bonchev–Trinajstić information content (AvgIpc) is 3.23. The van der Waals surface area contributed by atoms with Crippen LogP contribution in [0.15, 0.2) is 29.6 Å². The first-order valence-corrected chi connectivity index (χ1v) is 10.3. The third-order valence-corrected chi connectivity index (χ3v) is 6.79. The fourth-order valence-electron chi connectivity index (χ4n) is 3.36. The van der Waals surface area contributed by atoms with Crippen LogP contribution in [0, 0.1) is 0 Å². The lowest BCUT2D eigenvalue weighted by molar-refractivity contribution is 0.281. The van der Waals surface area contributed by atoms with Crippen LogP contribution in [0.5, 0.6) is 0 Å². The minimum Gasteiger partial charge on any atom is -0.309 e. The maximum Gasteiger partial charge on any atom is 0.259 e. The van der Waals surface area contributed by atoms with Crippen molar-refractivity contribution in [1.82, 2.24) is 14.9 Å². The Labute approximate surface area is 158 Å². The Bertz CT molecular complexity index is 988. The zero-order valence-electron chi connectivity index (χ0n) is 13.7. The van der Waals surface area contributed by atoms with Gasteiger partial charge in [0.2, 0.25) is 0 Å². The molecule has 3 aromatic rings. The predicted molar refractivity (Wildman–Crippen MR) is 106 cm³/mol. The largest absolute Gasteiger partial charge is 0.309 e. The van der Waals surface area contributed by atoms with Gasteiger partial charge in [0, 0.05) is 22.8 Å². The molecule has 3 aromatic heterocycles. The van der Waals surface area contributed by atoms with Crippen molar-refractivity contribution in [2.75, 3.05) is 6.54 Å².